The summed E-state index contributed by atoms with van der Waals surface area (Å²) in [6.45, 7) is 0. The summed E-state index contributed by atoms with van der Waals surface area (Å²) < 4.78 is 10.9. The third-order valence-corrected chi connectivity index (χ3v) is 12.4. The molecule has 0 amide bonds. The quantitative estimate of drug-likeness (QED) is 0.168. The molecular formula is C57H35N5O. The van der Waals surface area contributed by atoms with Gasteiger partial charge in [0.15, 0.2) is 11.6 Å². The highest BCUT2D eigenvalue weighted by molar-refractivity contribution is 6.23. The Labute approximate surface area is 361 Å². The Bertz CT molecular complexity index is 3920. The molecule has 13 rings (SSSR count). The first-order valence-electron chi connectivity index (χ1n) is 21.2. The van der Waals surface area contributed by atoms with Gasteiger partial charge >= 0.3 is 0 Å². The topological polar surface area (TPSA) is 61.7 Å². The SMILES string of the molecule is c1ccc(-c2nc(-c3ccc4oc5ccccc5c4c3)nc(-n3c4ccccc4c4ccc5c6ccccc6n(-c6cccc(-c7ccccc7-c7ccccc7)c6)c5c43)n2)cc1. The van der Waals surface area contributed by atoms with Crippen LogP contribution in [-0.2, 0) is 0 Å². The minimum absolute atomic E-state index is 0.539. The Hall–Kier alpha value is -8.61. The second kappa shape index (κ2) is 14.0. The van der Waals surface area contributed by atoms with E-state index in [-0.39, 0.29) is 0 Å². The van der Waals surface area contributed by atoms with E-state index in [0.29, 0.717) is 17.6 Å². The van der Waals surface area contributed by atoms with Crippen molar-refractivity contribution in [1.82, 2.24) is 24.1 Å². The molecule has 0 radical (unpaired) electrons. The lowest BCUT2D eigenvalue weighted by molar-refractivity contribution is 0.669. The highest BCUT2D eigenvalue weighted by Gasteiger charge is 2.24. The van der Waals surface area contributed by atoms with Crippen LogP contribution in [0.2, 0.25) is 0 Å². The molecule has 0 bridgehead atoms. The van der Waals surface area contributed by atoms with Crippen LogP contribution in [0.5, 0.6) is 0 Å². The Balaban J connectivity index is 1.11. The fourth-order valence-electron chi connectivity index (χ4n) is 9.57. The van der Waals surface area contributed by atoms with Gasteiger partial charge in [-0.15, -0.1) is 0 Å². The normalized spacial score (nSPS) is 11.8. The first kappa shape index (κ1) is 35.2. The van der Waals surface area contributed by atoms with Gasteiger partial charge in [-0.3, -0.25) is 4.57 Å². The summed E-state index contributed by atoms with van der Waals surface area (Å²) in [5.74, 6) is 1.71. The molecule has 0 saturated carbocycles. The zero-order chi connectivity index (χ0) is 41.4. The van der Waals surface area contributed by atoms with E-state index in [9.17, 15) is 0 Å². The van der Waals surface area contributed by atoms with Gasteiger partial charge in [0, 0.05) is 49.1 Å². The average molecular weight is 806 g/mol. The number of furan rings is 1. The van der Waals surface area contributed by atoms with Gasteiger partial charge in [0.2, 0.25) is 5.95 Å². The molecule has 0 N–H and O–H groups in total. The molecule has 0 aliphatic heterocycles. The van der Waals surface area contributed by atoms with Gasteiger partial charge < -0.3 is 8.98 Å². The van der Waals surface area contributed by atoms with E-state index in [0.717, 1.165) is 82.5 Å². The molecular weight excluding hydrogens is 771 g/mol. The maximum atomic E-state index is 6.23. The summed E-state index contributed by atoms with van der Waals surface area (Å²) >= 11 is 0. The molecule has 0 aliphatic rings. The second-order valence-electron chi connectivity index (χ2n) is 16.0. The molecule has 6 heteroatoms. The standard InChI is InChI=1S/C57H35N5O/c1-3-16-36(17-4-1)41-22-7-8-23-42(41)38-20-15-21-40(34-38)61-49-27-12-9-24-43(49)46-31-32-47-44-25-10-13-28-50(44)62(54(47)53(46)61)57-59-55(37-18-5-2-6-19-37)58-56(60-57)39-30-33-52-48(35-39)45-26-11-14-29-51(45)63-52/h1-35H. The Morgan fingerprint density at radius 2 is 0.857 bits per heavy atom. The zero-order valence-corrected chi connectivity index (χ0v) is 33.9. The predicted octanol–water partition coefficient (Wildman–Crippen LogP) is 14.6. The van der Waals surface area contributed by atoms with Crippen LogP contribution in [-0.4, -0.2) is 24.1 Å². The van der Waals surface area contributed by atoms with Gasteiger partial charge in [0.25, 0.3) is 0 Å². The number of nitrogens with zero attached hydrogens (tertiary/aromatic N) is 5. The monoisotopic (exact) mass is 805 g/mol. The largest absolute Gasteiger partial charge is 0.456 e. The number of para-hydroxylation sites is 3. The molecule has 4 heterocycles. The van der Waals surface area contributed by atoms with E-state index in [2.05, 4.69) is 173 Å². The number of fused-ring (bicyclic) bond motifs is 10. The summed E-state index contributed by atoms with van der Waals surface area (Å²) in [6.07, 6.45) is 0. The van der Waals surface area contributed by atoms with Crippen LogP contribution in [0.15, 0.2) is 217 Å². The van der Waals surface area contributed by atoms with Crippen molar-refractivity contribution >= 4 is 65.6 Å². The molecule has 13 aromatic rings. The van der Waals surface area contributed by atoms with Crippen molar-refractivity contribution in [3.05, 3.63) is 212 Å². The second-order valence-corrected chi connectivity index (χ2v) is 16.0. The Morgan fingerprint density at radius 3 is 1.59 bits per heavy atom. The van der Waals surface area contributed by atoms with Crippen LogP contribution in [0, 0.1) is 0 Å². The molecule has 4 aromatic heterocycles. The van der Waals surface area contributed by atoms with E-state index < -0.39 is 0 Å². The van der Waals surface area contributed by atoms with Crippen LogP contribution in [0.25, 0.3) is 122 Å². The molecule has 0 spiro atoms. The molecule has 9 aromatic carbocycles. The molecule has 0 aliphatic carbocycles. The van der Waals surface area contributed by atoms with E-state index in [1.54, 1.807) is 0 Å². The van der Waals surface area contributed by atoms with E-state index in [1.165, 1.54) is 22.1 Å². The summed E-state index contributed by atoms with van der Waals surface area (Å²) in [5, 5.41) is 6.61. The molecule has 63 heavy (non-hydrogen) atoms. The maximum Gasteiger partial charge on any atom is 0.238 e. The van der Waals surface area contributed by atoms with Gasteiger partial charge in [-0.05, 0) is 70.8 Å². The Kier molecular flexibility index (Phi) is 7.80. The number of hydrogen-bond acceptors (Lipinski definition) is 4. The van der Waals surface area contributed by atoms with Crippen LogP contribution in [0.4, 0.5) is 0 Å². The molecule has 0 atom stereocenters. The van der Waals surface area contributed by atoms with E-state index in [1.807, 2.05) is 48.5 Å². The fraction of sp³-hybridized carbons (Fsp3) is 0. The first-order valence-corrected chi connectivity index (χ1v) is 21.2. The van der Waals surface area contributed by atoms with Crippen molar-refractivity contribution in [2.75, 3.05) is 0 Å². The van der Waals surface area contributed by atoms with Gasteiger partial charge in [-0.25, -0.2) is 4.98 Å². The van der Waals surface area contributed by atoms with Crippen LogP contribution in [0.3, 0.4) is 0 Å². The van der Waals surface area contributed by atoms with E-state index in [4.69, 9.17) is 19.4 Å². The Morgan fingerprint density at radius 1 is 0.317 bits per heavy atom. The van der Waals surface area contributed by atoms with Crippen molar-refractivity contribution in [1.29, 1.82) is 0 Å². The number of aromatic nitrogens is 5. The summed E-state index contributed by atoms with van der Waals surface area (Å²) in [5.41, 5.74) is 13.4. The predicted molar refractivity (Wildman–Crippen MR) is 258 cm³/mol. The lowest BCUT2D eigenvalue weighted by atomic mass is 9.94. The van der Waals surface area contributed by atoms with Gasteiger partial charge in [0.1, 0.15) is 11.2 Å². The van der Waals surface area contributed by atoms with Gasteiger partial charge in [-0.1, -0.05) is 164 Å². The lowest BCUT2D eigenvalue weighted by Gasteiger charge is -2.15. The minimum atomic E-state index is 0.539. The van der Waals surface area contributed by atoms with Crippen molar-refractivity contribution in [2.24, 2.45) is 0 Å². The van der Waals surface area contributed by atoms with Crippen LogP contribution >= 0.6 is 0 Å². The summed E-state index contributed by atoms with van der Waals surface area (Å²) in [4.78, 5) is 15.9. The number of rotatable bonds is 6. The first-order chi connectivity index (χ1) is 31.2. The van der Waals surface area contributed by atoms with Crippen LogP contribution in [0.1, 0.15) is 0 Å². The molecule has 294 valence electrons. The van der Waals surface area contributed by atoms with Gasteiger partial charge in [-0.2, -0.15) is 9.97 Å². The third kappa shape index (κ3) is 5.55. The van der Waals surface area contributed by atoms with Crippen LogP contribution < -0.4 is 0 Å². The average Bonchev–Trinajstić information content (AvgIpc) is 4.02. The number of benzene rings is 9. The van der Waals surface area contributed by atoms with Crippen molar-refractivity contribution in [3.63, 3.8) is 0 Å². The highest BCUT2D eigenvalue weighted by Crippen LogP contribution is 2.43. The zero-order valence-electron chi connectivity index (χ0n) is 33.9. The van der Waals surface area contributed by atoms with Gasteiger partial charge in [0.05, 0.1) is 22.1 Å². The number of hydrogen-bond donors (Lipinski definition) is 0. The minimum Gasteiger partial charge on any atom is -0.456 e. The van der Waals surface area contributed by atoms with Crippen molar-refractivity contribution in [2.45, 2.75) is 0 Å². The van der Waals surface area contributed by atoms with E-state index >= 15 is 0 Å². The molecule has 0 saturated heterocycles. The van der Waals surface area contributed by atoms with Crippen molar-refractivity contribution in [3.8, 4) is 56.7 Å². The lowest BCUT2D eigenvalue weighted by Crippen LogP contribution is -2.07. The summed E-state index contributed by atoms with van der Waals surface area (Å²) in [7, 11) is 0. The molecule has 6 nitrogen and oxygen atoms in total. The highest BCUT2D eigenvalue weighted by atomic mass is 16.3. The fourth-order valence-corrected chi connectivity index (χ4v) is 9.57. The third-order valence-electron chi connectivity index (χ3n) is 12.4. The summed E-state index contributed by atoms with van der Waals surface area (Å²) in [6, 6.07) is 74.6. The van der Waals surface area contributed by atoms with Crippen molar-refractivity contribution < 1.29 is 4.42 Å². The molecule has 0 unspecified atom stereocenters. The molecule has 0 fully saturated rings. The maximum absolute atomic E-state index is 6.23. The smallest absolute Gasteiger partial charge is 0.238 e.